The molecule has 6 nitrogen and oxygen atoms in total. The first-order chi connectivity index (χ1) is 19.8. The second-order valence-corrected chi connectivity index (χ2v) is 11.0. The summed E-state index contributed by atoms with van der Waals surface area (Å²) in [7, 11) is 1.30. The third-order valence-corrected chi connectivity index (χ3v) is 7.71. The van der Waals surface area contributed by atoms with Crippen molar-refractivity contribution in [3.8, 4) is 11.1 Å². The number of nitrogens with one attached hydrogen (secondary N) is 1. The average Bonchev–Trinajstić information content (AvgIpc) is 3.31. The molecular weight excluding hydrogens is 583 g/mol. The Balaban J connectivity index is 1.84. The van der Waals surface area contributed by atoms with Gasteiger partial charge in [-0.3, -0.25) is 14.6 Å². The number of aliphatic hydroxyl groups excluding tert-OH is 1. The van der Waals surface area contributed by atoms with E-state index in [9.17, 15) is 45.4 Å². The molecule has 1 aliphatic rings. The number of alkyl halides is 6. The molecule has 0 aliphatic carbocycles. The summed E-state index contributed by atoms with van der Waals surface area (Å²) >= 11 is 0. The molecule has 0 saturated carbocycles. The monoisotopic (exact) mass is 611 g/mol. The van der Waals surface area contributed by atoms with Crippen LogP contribution in [0, 0.1) is 12.7 Å². The summed E-state index contributed by atoms with van der Waals surface area (Å²) in [5, 5.41) is 12.4. The van der Waals surface area contributed by atoms with E-state index in [4.69, 9.17) is 0 Å². The van der Waals surface area contributed by atoms with Crippen LogP contribution < -0.4 is 10.2 Å². The van der Waals surface area contributed by atoms with Gasteiger partial charge in [0.25, 0.3) is 0 Å². The second-order valence-electron chi connectivity index (χ2n) is 11.0. The molecule has 0 unspecified atom stereocenters. The summed E-state index contributed by atoms with van der Waals surface area (Å²) in [6.45, 7) is 3.68. The van der Waals surface area contributed by atoms with Gasteiger partial charge in [-0.2, -0.15) is 26.3 Å². The van der Waals surface area contributed by atoms with E-state index in [0.29, 0.717) is 34.5 Å². The van der Waals surface area contributed by atoms with Crippen LogP contribution in [0.25, 0.3) is 11.1 Å². The first kappa shape index (κ1) is 31.9. The molecule has 1 aromatic heterocycles. The number of amides is 2. The smallest absolute Gasteiger partial charge is 0.394 e. The van der Waals surface area contributed by atoms with E-state index in [0.717, 1.165) is 4.90 Å². The topological polar surface area (TPSA) is 82.5 Å². The van der Waals surface area contributed by atoms with Crippen molar-refractivity contribution < 1.29 is 45.4 Å². The number of aliphatic hydroxyl groups is 1. The lowest BCUT2D eigenvalue weighted by molar-refractivity contribution is -0.143. The summed E-state index contributed by atoms with van der Waals surface area (Å²) in [5.74, 6) is -2.21. The molecule has 0 bridgehead atoms. The van der Waals surface area contributed by atoms with Gasteiger partial charge in [-0.25, -0.2) is 4.39 Å². The van der Waals surface area contributed by atoms with Crippen molar-refractivity contribution in [1.82, 2.24) is 10.3 Å². The Bertz CT molecular complexity index is 1540. The minimum atomic E-state index is -5.10. The maximum atomic E-state index is 14.0. The van der Waals surface area contributed by atoms with Crippen LogP contribution in [0.2, 0.25) is 0 Å². The van der Waals surface area contributed by atoms with Gasteiger partial charge in [0, 0.05) is 30.6 Å². The number of anilines is 1. The maximum absolute atomic E-state index is 14.0. The molecule has 0 spiro atoms. The second kappa shape index (κ2) is 11.3. The van der Waals surface area contributed by atoms with Crippen LogP contribution in [-0.2, 0) is 27.4 Å². The normalized spacial score (nSPS) is 17.6. The van der Waals surface area contributed by atoms with E-state index in [1.807, 2.05) is 0 Å². The molecule has 1 fully saturated rings. The molecule has 1 saturated heterocycles. The van der Waals surface area contributed by atoms with Crippen LogP contribution in [-0.4, -0.2) is 41.6 Å². The molecule has 3 aromatic rings. The first-order valence-corrected chi connectivity index (χ1v) is 13.1. The van der Waals surface area contributed by atoms with E-state index in [2.05, 4.69) is 10.3 Å². The van der Waals surface area contributed by atoms with E-state index in [1.54, 1.807) is 13.0 Å². The standard InChI is InChI=1S/C30H28F7N3O3/c1-15-7-19(31)5-6-20(15)21-11-23(22-12-26(42)39-24(22)14-41)38-13-25(21)40(4)27(43)28(2,3)16-8-17(29(32,33)34)10-18(9-16)30(35,36)37/h5-11,13,22,24,41H,12,14H2,1-4H3,(H,39,42)/t22-,24-/m0/s1. The highest BCUT2D eigenvalue weighted by Crippen LogP contribution is 2.41. The van der Waals surface area contributed by atoms with Crippen LogP contribution in [0.3, 0.4) is 0 Å². The Hall–Kier alpha value is -4.00. The van der Waals surface area contributed by atoms with Gasteiger partial charge in [-0.15, -0.1) is 0 Å². The van der Waals surface area contributed by atoms with Crippen molar-refractivity contribution in [2.24, 2.45) is 0 Å². The number of aromatic nitrogens is 1. The van der Waals surface area contributed by atoms with Crippen molar-refractivity contribution in [2.45, 2.75) is 56.9 Å². The van der Waals surface area contributed by atoms with E-state index in [1.165, 1.54) is 45.3 Å². The van der Waals surface area contributed by atoms with Gasteiger partial charge in [-0.1, -0.05) is 6.07 Å². The molecule has 2 N–H and O–H groups in total. The summed E-state index contributed by atoms with van der Waals surface area (Å²) in [6.07, 6.45) is -8.88. The zero-order valence-electron chi connectivity index (χ0n) is 23.5. The van der Waals surface area contributed by atoms with Gasteiger partial charge in [-0.05, 0) is 73.9 Å². The Labute approximate surface area is 242 Å². The quantitative estimate of drug-likeness (QED) is 0.329. The molecule has 0 radical (unpaired) electrons. The summed E-state index contributed by atoms with van der Waals surface area (Å²) < 4.78 is 95.3. The summed E-state index contributed by atoms with van der Waals surface area (Å²) in [4.78, 5) is 31.4. The number of carbonyl (C=O) groups excluding carboxylic acids is 2. The highest BCUT2D eigenvalue weighted by molar-refractivity contribution is 6.03. The highest BCUT2D eigenvalue weighted by atomic mass is 19.4. The number of benzene rings is 2. The van der Waals surface area contributed by atoms with Crippen LogP contribution in [0.5, 0.6) is 0 Å². The minimum Gasteiger partial charge on any atom is -0.394 e. The van der Waals surface area contributed by atoms with Crippen molar-refractivity contribution >= 4 is 17.5 Å². The van der Waals surface area contributed by atoms with Crippen molar-refractivity contribution in [3.63, 3.8) is 0 Å². The summed E-state index contributed by atoms with van der Waals surface area (Å²) in [5.41, 5.74) is -3.68. The molecule has 2 heterocycles. The maximum Gasteiger partial charge on any atom is 0.416 e. The van der Waals surface area contributed by atoms with Crippen LogP contribution in [0.4, 0.5) is 36.4 Å². The third kappa shape index (κ3) is 6.36. The molecule has 1 aliphatic heterocycles. The number of rotatable bonds is 6. The minimum absolute atomic E-state index is 0.00585. The SMILES string of the molecule is Cc1cc(F)ccc1-c1cc([C@@H]2CC(=O)N[C@H]2CO)ncc1N(C)C(=O)C(C)(C)c1cc(C(F)(F)F)cc(C(F)(F)F)c1. The summed E-state index contributed by atoms with van der Waals surface area (Å²) in [6, 6.07) is 5.88. The van der Waals surface area contributed by atoms with Gasteiger partial charge in [0.2, 0.25) is 11.8 Å². The van der Waals surface area contributed by atoms with Gasteiger partial charge >= 0.3 is 12.4 Å². The van der Waals surface area contributed by atoms with Gasteiger partial charge < -0.3 is 15.3 Å². The fraction of sp³-hybridized carbons (Fsp3) is 0.367. The lowest BCUT2D eigenvalue weighted by atomic mass is 9.81. The lowest BCUT2D eigenvalue weighted by Gasteiger charge is -2.32. The van der Waals surface area contributed by atoms with Crippen LogP contribution in [0.15, 0.2) is 48.7 Å². The third-order valence-electron chi connectivity index (χ3n) is 7.71. The van der Waals surface area contributed by atoms with E-state index in [-0.39, 0.29) is 30.7 Å². The van der Waals surface area contributed by atoms with Crippen LogP contribution in [0.1, 0.15) is 54.1 Å². The van der Waals surface area contributed by atoms with Crippen molar-refractivity contribution in [1.29, 1.82) is 0 Å². The molecular formula is C30H28F7N3O3. The molecule has 13 heteroatoms. The first-order valence-electron chi connectivity index (χ1n) is 13.1. The number of pyridine rings is 1. The Kier molecular flexibility index (Phi) is 8.35. The fourth-order valence-electron chi connectivity index (χ4n) is 5.24. The number of hydrogen-bond donors (Lipinski definition) is 2. The lowest BCUT2D eigenvalue weighted by Crippen LogP contribution is -2.42. The number of carbonyl (C=O) groups is 2. The molecule has 2 aromatic carbocycles. The van der Waals surface area contributed by atoms with Gasteiger partial charge in [0.1, 0.15) is 5.82 Å². The Morgan fingerprint density at radius 1 is 0.977 bits per heavy atom. The molecule has 4 rings (SSSR count). The van der Waals surface area contributed by atoms with E-state index >= 15 is 0 Å². The largest absolute Gasteiger partial charge is 0.416 e. The predicted molar refractivity (Wildman–Crippen MR) is 144 cm³/mol. The number of aryl methyl sites for hydroxylation is 1. The Morgan fingerprint density at radius 3 is 2.09 bits per heavy atom. The molecule has 2 amide bonds. The van der Waals surface area contributed by atoms with Gasteiger partial charge in [0.05, 0.1) is 41.1 Å². The van der Waals surface area contributed by atoms with Crippen molar-refractivity contribution in [3.05, 3.63) is 82.4 Å². The Morgan fingerprint density at radius 2 is 1.56 bits per heavy atom. The zero-order chi connectivity index (χ0) is 32.1. The molecule has 2 atom stereocenters. The molecule has 43 heavy (non-hydrogen) atoms. The number of nitrogens with zero attached hydrogens (tertiary/aromatic N) is 2. The number of hydrogen-bond acceptors (Lipinski definition) is 4. The van der Waals surface area contributed by atoms with Crippen molar-refractivity contribution in [2.75, 3.05) is 18.6 Å². The highest BCUT2D eigenvalue weighted by Gasteiger charge is 2.42. The number of likely N-dealkylation sites (N-methyl/N-ethyl adjacent to an activating group) is 1. The zero-order valence-corrected chi connectivity index (χ0v) is 23.5. The fourth-order valence-corrected chi connectivity index (χ4v) is 5.24. The van der Waals surface area contributed by atoms with Crippen LogP contribution >= 0.6 is 0 Å². The van der Waals surface area contributed by atoms with Gasteiger partial charge in [0.15, 0.2) is 0 Å². The average molecular weight is 612 g/mol. The molecule has 230 valence electrons. The van der Waals surface area contributed by atoms with E-state index < -0.39 is 58.1 Å². The number of halogens is 7. The predicted octanol–water partition coefficient (Wildman–Crippen LogP) is 6.14.